The van der Waals surface area contributed by atoms with Gasteiger partial charge in [-0.2, -0.15) is 26.7 Å². The number of rotatable bonds is 7. The summed E-state index contributed by atoms with van der Waals surface area (Å²) in [5.74, 6) is 2.23. The molecule has 0 amide bonds. The fraction of sp³-hybridized carbons (Fsp3) is 0.625. The molecule has 2 N–H and O–H groups in total. The van der Waals surface area contributed by atoms with Gasteiger partial charge in [0.25, 0.3) is 0 Å². The fourth-order valence-corrected chi connectivity index (χ4v) is 2.06. The van der Waals surface area contributed by atoms with Crippen molar-refractivity contribution in [3.05, 3.63) is 10.6 Å². The second-order valence-electron chi connectivity index (χ2n) is 2.81. The van der Waals surface area contributed by atoms with Crippen LogP contribution in [-0.2, 0) is 0 Å². The third-order valence-electron chi connectivity index (χ3n) is 1.56. The molecule has 0 spiro atoms. The monoisotopic (exact) mass is 282 g/mol. The lowest BCUT2D eigenvalue weighted by Gasteiger charge is -2.04. The van der Waals surface area contributed by atoms with Crippen LogP contribution in [0.4, 0.5) is 5.95 Å². The Morgan fingerprint density at radius 3 is 2.44 bits per heavy atom. The van der Waals surface area contributed by atoms with Gasteiger partial charge in [-0.1, -0.05) is 0 Å². The SMILES string of the molecule is OCCCSCCNc1nc(Cl)nc(Cl)n1. The second-order valence-corrected chi connectivity index (χ2v) is 4.71. The topological polar surface area (TPSA) is 70.9 Å². The third-order valence-corrected chi connectivity index (χ3v) is 2.97. The Bertz CT molecular complexity index is 309. The van der Waals surface area contributed by atoms with E-state index in [1.807, 2.05) is 0 Å². The smallest absolute Gasteiger partial charge is 0.228 e. The van der Waals surface area contributed by atoms with E-state index in [1.165, 1.54) is 0 Å². The lowest BCUT2D eigenvalue weighted by Crippen LogP contribution is -2.08. The number of thioether (sulfide) groups is 1. The zero-order valence-corrected chi connectivity index (χ0v) is 10.8. The number of nitrogens with zero attached hydrogens (tertiary/aromatic N) is 3. The first-order chi connectivity index (χ1) is 7.72. The van der Waals surface area contributed by atoms with E-state index in [0.717, 1.165) is 17.9 Å². The number of hydrogen-bond donors (Lipinski definition) is 2. The summed E-state index contributed by atoms with van der Waals surface area (Å²) in [5, 5.41) is 11.7. The highest BCUT2D eigenvalue weighted by atomic mass is 35.5. The molecule has 16 heavy (non-hydrogen) atoms. The van der Waals surface area contributed by atoms with E-state index in [9.17, 15) is 0 Å². The summed E-state index contributed by atoms with van der Waals surface area (Å²) >= 11 is 13.0. The zero-order chi connectivity index (χ0) is 11.8. The van der Waals surface area contributed by atoms with Crippen LogP contribution in [0.15, 0.2) is 0 Å². The van der Waals surface area contributed by atoms with E-state index < -0.39 is 0 Å². The number of anilines is 1. The number of aliphatic hydroxyl groups excluding tert-OH is 1. The summed E-state index contributed by atoms with van der Waals surface area (Å²) in [6.07, 6.45) is 0.814. The Labute approximate surface area is 108 Å². The van der Waals surface area contributed by atoms with Crippen molar-refractivity contribution in [3.8, 4) is 0 Å². The fourth-order valence-electron chi connectivity index (χ4n) is 0.909. The van der Waals surface area contributed by atoms with E-state index in [4.69, 9.17) is 28.3 Å². The molecule has 0 aliphatic rings. The maximum absolute atomic E-state index is 8.58. The highest BCUT2D eigenvalue weighted by molar-refractivity contribution is 7.99. The molecular weight excluding hydrogens is 271 g/mol. The Balaban J connectivity index is 2.21. The van der Waals surface area contributed by atoms with Gasteiger partial charge >= 0.3 is 0 Å². The first-order valence-corrected chi connectivity index (χ1v) is 6.63. The van der Waals surface area contributed by atoms with Crippen molar-refractivity contribution in [2.45, 2.75) is 6.42 Å². The van der Waals surface area contributed by atoms with Crippen molar-refractivity contribution >= 4 is 40.9 Å². The Kier molecular flexibility index (Phi) is 6.79. The maximum Gasteiger partial charge on any atom is 0.228 e. The normalized spacial score (nSPS) is 10.4. The molecule has 0 aromatic carbocycles. The van der Waals surface area contributed by atoms with Crippen LogP contribution >= 0.6 is 35.0 Å². The van der Waals surface area contributed by atoms with Gasteiger partial charge in [-0.3, -0.25) is 0 Å². The average Bonchev–Trinajstić information content (AvgIpc) is 2.22. The highest BCUT2D eigenvalue weighted by Crippen LogP contribution is 2.09. The van der Waals surface area contributed by atoms with Crippen LogP contribution in [0.3, 0.4) is 0 Å². The maximum atomic E-state index is 8.58. The van der Waals surface area contributed by atoms with E-state index in [2.05, 4.69) is 20.3 Å². The van der Waals surface area contributed by atoms with E-state index in [0.29, 0.717) is 12.5 Å². The Morgan fingerprint density at radius 1 is 1.12 bits per heavy atom. The summed E-state index contributed by atoms with van der Waals surface area (Å²) < 4.78 is 0. The Morgan fingerprint density at radius 2 is 1.81 bits per heavy atom. The molecule has 0 unspecified atom stereocenters. The van der Waals surface area contributed by atoms with Crippen molar-refractivity contribution in [1.29, 1.82) is 0 Å². The molecule has 8 heteroatoms. The van der Waals surface area contributed by atoms with Crippen LogP contribution in [0, 0.1) is 0 Å². The van der Waals surface area contributed by atoms with Gasteiger partial charge in [0.1, 0.15) is 0 Å². The minimum Gasteiger partial charge on any atom is -0.396 e. The van der Waals surface area contributed by atoms with Crippen molar-refractivity contribution in [3.63, 3.8) is 0 Å². The van der Waals surface area contributed by atoms with Crippen LogP contribution in [0.25, 0.3) is 0 Å². The summed E-state index contributed by atoms with van der Waals surface area (Å²) in [6, 6.07) is 0. The minimum absolute atomic E-state index is 0.0791. The molecule has 0 radical (unpaired) electrons. The van der Waals surface area contributed by atoms with Crippen LogP contribution < -0.4 is 5.32 Å². The third kappa shape index (κ3) is 5.69. The second kappa shape index (κ2) is 7.89. The predicted molar refractivity (Wildman–Crippen MR) is 67.4 cm³/mol. The van der Waals surface area contributed by atoms with Crippen LogP contribution in [0.5, 0.6) is 0 Å². The van der Waals surface area contributed by atoms with E-state index >= 15 is 0 Å². The zero-order valence-electron chi connectivity index (χ0n) is 8.49. The quantitative estimate of drug-likeness (QED) is 0.742. The molecule has 1 aromatic heterocycles. The number of aliphatic hydroxyl groups is 1. The summed E-state index contributed by atoms with van der Waals surface area (Å²) in [4.78, 5) is 11.4. The molecule has 0 aliphatic carbocycles. The van der Waals surface area contributed by atoms with Gasteiger partial charge in [-0.25, -0.2) is 0 Å². The molecule has 1 heterocycles. The van der Waals surface area contributed by atoms with Gasteiger partial charge < -0.3 is 10.4 Å². The van der Waals surface area contributed by atoms with E-state index in [1.54, 1.807) is 11.8 Å². The summed E-state index contributed by atoms with van der Waals surface area (Å²) in [5.41, 5.74) is 0. The van der Waals surface area contributed by atoms with Crippen LogP contribution in [0.2, 0.25) is 10.6 Å². The molecule has 0 atom stereocenters. The molecular formula is C8H12Cl2N4OS. The molecule has 1 aromatic rings. The molecule has 1 rings (SSSR count). The van der Waals surface area contributed by atoms with Gasteiger partial charge in [0.05, 0.1) is 0 Å². The molecule has 0 fully saturated rings. The summed E-state index contributed by atoms with van der Waals surface area (Å²) in [6.45, 7) is 0.950. The molecule has 0 aliphatic heterocycles. The average molecular weight is 283 g/mol. The minimum atomic E-state index is 0.0791. The van der Waals surface area contributed by atoms with Gasteiger partial charge in [0.15, 0.2) is 0 Å². The molecule has 0 saturated heterocycles. The van der Waals surface area contributed by atoms with E-state index in [-0.39, 0.29) is 17.2 Å². The molecule has 0 bridgehead atoms. The van der Waals surface area contributed by atoms with Crippen molar-refractivity contribution in [2.75, 3.05) is 30.0 Å². The largest absolute Gasteiger partial charge is 0.396 e. The Hall–Kier alpha value is -0.300. The van der Waals surface area contributed by atoms with Gasteiger partial charge in [0.2, 0.25) is 16.5 Å². The number of hydrogen-bond acceptors (Lipinski definition) is 6. The first kappa shape index (κ1) is 13.8. The van der Waals surface area contributed by atoms with Gasteiger partial charge in [0, 0.05) is 18.9 Å². The van der Waals surface area contributed by atoms with Gasteiger partial charge in [-0.15, -0.1) is 0 Å². The first-order valence-electron chi connectivity index (χ1n) is 4.72. The van der Waals surface area contributed by atoms with Gasteiger partial charge in [-0.05, 0) is 35.4 Å². The predicted octanol–water partition coefficient (Wildman–Crippen LogP) is 1.71. The molecule has 0 saturated carbocycles. The standard InChI is InChI=1S/C8H12Cl2N4OS/c9-6-12-7(10)14-8(13-6)11-2-5-16-4-1-3-15/h15H,1-5H2,(H,11,12,13,14). The summed E-state index contributed by atoms with van der Waals surface area (Å²) in [7, 11) is 0. The van der Waals surface area contributed by atoms with Crippen molar-refractivity contribution in [1.82, 2.24) is 15.0 Å². The lowest BCUT2D eigenvalue weighted by atomic mass is 10.5. The number of nitrogens with one attached hydrogen (secondary N) is 1. The molecule has 90 valence electrons. The van der Waals surface area contributed by atoms with Crippen LogP contribution in [0.1, 0.15) is 6.42 Å². The van der Waals surface area contributed by atoms with Crippen LogP contribution in [-0.4, -0.2) is 44.7 Å². The molecule has 5 nitrogen and oxygen atoms in total. The van der Waals surface area contributed by atoms with Crippen molar-refractivity contribution in [2.24, 2.45) is 0 Å². The highest BCUT2D eigenvalue weighted by Gasteiger charge is 2.01. The lowest BCUT2D eigenvalue weighted by molar-refractivity contribution is 0.296. The number of halogens is 2. The number of aromatic nitrogens is 3. The van der Waals surface area contributed by atoms with Crippen molar-refractivity contribution < 1.29 is 5.11 Å².